The van der Waals surface area contributed by atoms with Crippen molar-refractivity contribution in [2.75, 3.05) is 7.11 Å². The highest BCUT2D eigenvalue weighted by molar-refractivity contribution is 5.90. The van der Waals surface area contributed by atoms with Gasteiger partial charge in [-0.05, 0) is 23.8 Å². The molecule has 2 N–H and O–H groups in total. The van der Waals surface area contributed by atoms with E-state index in [2.05, 4.69) is 4.74 Å². The summed E-state index contributed by atoms with van der Waals surface area (Å²) in [6.45, 7) is 0. The third kappa shape index (κ3) is 2.13. The summed E-state index contributed by atoms with van der Waals surface area (Å²) in [5.41, 5.74) is 1.64. The number of para-hydroxylation sites is 1. The summed E-state index contributed by atoms with van der Waals surface area (Å²) in [5.74, 6) is -0.769. The summed E-state index contributed by atoms with van der Waals surface area (Å²) in [7, 11) is 1.32. The molecule has 0 aliphatic rings. The van der Waals surface area contributed by atoms with Crippen molar-refractivity contribution in [3.63, 3.8) is 0 Å². The van der Waals surface area contributed by atoms with Gasteiger partial charge in [0.05, 0.1) is 12.7 Å². The number of aromatic hydroxyl groups is 2. The van der Waals surface area contributed by atoms with Gasteiger partial charge in [-0.15, -0.1) is 0 Å². The van der Waals surface area contributed by atoms with Crippen molar-refractivity contribution in [2.24, 2.45) is 0 Å². The minimum Gasteiger partial charge on any atom is -0.504 e. The summed E-state index contributed by atoms with van der Waals surface area (Å²) in [4.78, 5) is 11.3. The van der Waals surface area contributed by atoms with Crippen molar-refractivity contribution in [1.29, 1.82) is 0 Å². The third-order valence-electron chi connectivity index (χ3n) is 2.63. The maximum Gasteiger partial charge on any atom is 0.337 e. The normalized spacial score (nSPS) is 10.1. The zero-order valence-corrected chi connectivity index (χ0v) is 9.75. The number of hydrogen-bond donors (Lipinski definition) is 2. The van der Waals surface area contributed by atoms with Gasteiger partial charge >= 0.3 is 5.97 Å². The second-order valence-electron chi connectivity index (χ2n) is 3.74. The number of rotatable bonds is 2. The Labute approximate surface area is 104 Å². The lowest BCUT2D eigenvalue weighted by molar-refractivity contribution is 0.0601. The lowest BCUT2D eigenvalue weighted by atomic mass is 10.0. The van der Waals surface area contributed by atoms with Crippen LogP contribution in [-0.2, 0) is 4.74 Å². The van der Waals surface area contributed by atoms with Gasteiger partial charge in [-0.2, -0.15) is 0 Å². The third-order valence-corrected chi connectivity index (χ3v) is 2.63. The number of hydrogen-bond acceptors (Lipinski definition) is 4. The average Bonchev–Trinajstić information content (AvgIpc) is 2.41. The van der Waals surface area contributed by atoms with E-state index >= 15 is 0 Å². The maximum atomic E-state index is 11.3. The Morgan fingerprint density at radius 1 is 1.06 bits per heavy atom. The van der Waals surface area contributed by atoms with Crippen LogP contribution < -0.4 is 0 Å². The second kappa shape index (κ2) is 4.79. The Balaban J connectivity index is 2.40. The molecule has 18 heavy (non-hydrogen) atoms. The van der Waals surface area contributed by atoms with Crippen molar-refractivity contribution in [1.82, 2.24) is 0 Å². The number of carbonyl (C=O) groups excluding carboxylic acids is 1. The van der Waals surface area contributed by atoms with E-state index in [1.807, 2.05) is 0 Å². The lowest BCUT2D eigenvalue weighted by Crippen LogP contribution is -2.00. The van der Waals surface area contributed by atoms with Crippen LogP contribution in [0.25, 0.3) is 11.1 Å². The fourth-order valence-electron chi connectivity index (χ4n) is 1.67. The summed E-state index contributed by atoms with van der Waals surface area (Å²) >= 11 is 0. The predicted molar refractivity (Wildman–Crippen MR) is 66.5 cm³/mol. The molecule has 0 radical (unpaired) electrons. The van der Waals surface area contributed by atoms with Gasteiger partial charge in [0, 0.05) is 5.56 Å². The SMILES string of the molecule is COC(=O)c1ccc(-c2cccc(O)c2O)cc1. The zero-order chi connectivity index (χ0) is 13.1. The summed E-state index contributed by atoms with van der Waals surface area (Å²) in [6, 6.07) is 11.3. The lowest BCUT2D eigenvalue weighted by Gasteiger charge is -2.06. The first kappa shape index (κ1) is 12.0. The van der Waals surface area contributed by atoms with E-state index < -0.39 is 5.97 Å². The Morgan fingerprint density at radius 2 is 1.72 bits per heavy atom. The average molecular weight is 244 g/mol. The molecule has 0 aromatic heterocycles. The molecule has 0 spiro atoms. The van der Waals surface area contributed by atoms with Crippen LogP contribution >= 0.6 is 0 Å². The van der Waals surface area contributed by atoms with Gasteiger partial charge in [0.2, 0.25) is 0 Å². The molecule has 0 unspecified atom stereocenters. The van der Waals surface area contributed by atoms with Gasteiger partial charge in [-0.1, -0.05) is 24.3 Å². The van der Waals surface area contributed by atoms with Crippen molar-refractivity contribution < 1.29 is 19.7 Å². The molecule has 0 bridgehead atoms. The minimum absolute atomic E-state index is 0.176. The molecule has 2 aromatic rings. The Kier molecular flexibility index (Phi) is 3.19. The molecule has 92 valence electrons. The topological polar surface area (TPSA) is 66.8 Å². The summed E-state index contributed by atoms with van der Waals surface area (Å²) < 4.78 is 4.60. The van der Waals surface area contributed by atoms with Crippen molar-refractivity contribution >= 4 is 5.97 Å². The largest absolute Gasteiger partial charge is 0.504 e. The Morgan fingerprint density at radius 3 is 2.33 bits per heavy atom. The molecule has 0 saturated heterocycles. The van der Waals surface area contributed by atoms with Crippen LogP contribution in [0.5, 0.6) is 11.5 Å². The van der Waals surface area contributed by atoms with E-state index in [1.165, 1.54) is 13.2 Å². The number of esters is 1. The molecule has 2 aromatic carbocycles. The van der Waals surface area contributed by atoms with E-state index in [9.17, 15) is 15.0 Å². The van der Waals surface area contributed by atoms with E-state index in [1.54, 1.807) is 36.4 Å². The van der Waals surface area contributed by atoms with Crippen LogP contribution in [-0.4, -0.2) is 23.3 Å². The Hall–Kier alpha value is -2.49. The van der Waals surface area contributed by atoms with Gasteiger partial charge in [0.25, 0.3) is 0 Å². The van der Waals surface area contributed by atoms with Crippen LogP contribution in [0.4, 0.5) is 0 Å². The summed E-state index contributed by atoms with van der Waals surface area (Å²) in [5, 5.41) is 19.2. The fourth-order valence-corrected chi connectivity index (χ4v) is 1.67. The molecular formula is C14H12O4. The van der Waals surface area contributed by atoms with Gasteiger partial charge in [-0.25, -0.2) is 4.79 Å². The number of ether oxygens (including phenoxy) is 1. The smallest absolute Gasteiger partial charge is 0.337 e. The van der Waals surface area contributed by atoms with E-state index in [0.29, 0.717) is 16.7 Å². The molecule has 4 nitrogen and oxygen atoms in total. The molecule has 0 amide bonds. The first-order chi connectivity index (χ1) is 8.63. The maximum absolute atomic E-state index is 11.3. The van der Waals surface area contributed by atoms with Crippen LogP contribution in [0.15, 0.2) is 42.5 Å². The van der Waals surface area contributed by atoms with Crippen LogP contribution in [0, 0.1) is 0 Å². The second-order valence-corrected chi connectivity index (χ2v) is 3.74. The highest BCUT2D eigenvalue weighted by atomic mass is 16.5. The molecule has 0 atom stereocenters. The molecule has 2 rings (SSSR count). The first-order valence-corrected chi connectivity index (χ1v) is 5.33. The van der Waals surface area contributed by atoms with Crippen molar-refractivity contribution in [3.8, 4) is 22.6 Å². The molecule has 0 saturated carbocycles. The molecule has 0 aliphatic heterocycles. The number of carbonyl (C=O) groups is 1. The van der Waals surface area contributed by atoms with Crippen LogP contribution in [0.2, 0.25) is 0 Å². The van der Waals surface area contributed by atoms with E-state index in [4.69, 9.17) is 0 Å². The van der Waals surface area contributed by atoms with Gasteiger partial charge in [-0.3, -0.25) is 0 Å². The van der Waals surface area contributed by atoms with Gasteiger partial charge < -0.3 is 14.9 Å². The first-order valence-electron chi connectivity index (χ1n) is 5.33. The number of benzene rings is 2. The van der Waals surface area contributed by atoms with Crippen molar-refractivity contribution in [2.45, 2.75) is 0 Å². The molecule has 0 aliphatic carbocycles. The standard InChI is InChI=1S/C14H12O4/c1-18-14(17)10-7-5-9(6-8-10)11-3-2-4-12(15)13(11)16/h2-8,15-16H,1H3. The number of methoxy groups -OCH3 is 1. The van der Waals surface area contributed by atoms with E-state index in [0.717, 1.165) is 0 Å². The fraction of sp³-hybridized carbons (Fsp3) is 0.0714. The molecule has 0 heterocycles. The van der Waals surface area contributed by atoms with Gasteiger partial charge in [0.1, 0.15) is 0 Å². The highest BCUT2D eigenvalue weighted by Gasteiger charge is 2.09. The van der Waals surface area contributed by atoms with Crippen LogP contribution in [0.3, 0.4) is 0 Å². The number of phenolic OH excluding ortho intramolecular Hbond substituents is 2. The van der Waals surface area contributed by atoms with Crippen molar-refractivity contribution in [3.05, 3.63) is 48.0 Å². The predicted octanol–water partition coefficient (Wildman–Crippen LogP) is 2.55. The molecular weight excluding hydrogens is 232 g/mol. The molecule has 4 heteroatoms. The minimum atomic E-state index is -0.415. The van der Waals surface area contributed by atoms with Crippen LogP contribution in [0.1, 0.15) is 10.4 Å². The quantitative estimate of drug-likeness (QED) is 0.629. The zero-order valence-electron chi connectivity index (χ0n) is 9.75. The van der Waals surface area contributed by atoms with E-state index in [-0.39, 0.29) is 11.5 Å². The molecule has 0 fully saturated rings. The highest BCUT2D eigenvalue weighted by Crippen LogP contribution is 2.35. The Bertz CT molecular complexity index is 573. The summed E-state index contributed by atoms with van der Waals surface area (Å²) in [6.07, 6.45) is 0. The van der Waals surface area contributed by atoms with Gasteiger partial charge in [0.15, 0.2) is 11.5 Å². The monoisotopic (exact) mass is 244 g/mol. The number of phenols is 2.